The maximum atomic E-state index is 12.2. The minimum Gasteiger partial charge on any atom is -0.461 e. The molecule has 1 heterocycles. The number of hydrogen-bond acceptors (Lipinski definition) is 3. The molecule has 4 nitrogen and oxygen atoms in total. The molecule has 0 aliphatic rings. The Hall–Kier alpha value is -1.52. The van der Waals surface area contributed by atoms with Crippen molar-refractivity contribution in [3.8, 4) is 11.1 Å². The number of esters is 1. The van der Waals surface area contributed by atoms with Crippen LogP contribution in [0.3, 0.4) is 0 Å². The first-order chi connectivity index (χ1) is 10.3. The van der Waals surface area contributed by atoms with Gasteiger partial charge in [0.05, 0.1) is 11.6 Å². The van der Waals surface area contributed by atoms with Crippen LogP contribution in [0.15, 0.2) is 18.2 Å². The lowest BCUT2D eigenvalue weighted by atomic mass is 9.86. The molecular formula is C16H18Cl2N2O2. The zero-order chi connectivity index (χ0) is 16.5. The maximum Gasteiger partial charge on any atom is 0.359 e. The van der Waals surface area contributed by atoms with E-state index in [1.54, 1.807) is 25.1 Å². The van der Waals surface area contributed by atoms with Gasteiger partial charge in [0.1, 0.15) is 0 Å². The van der Waals surface area contributed by atoms with E-state index in [2.05, 4.69) is 10.2 Å². The van der Waals surface area contributed by atoms with Gasteiger partial charge in [-0.2, -0.15) is 5.10 Å². The first-order valence-corrected chi connectivity index (χ1v) is 7.72. The highest BCUT2D eigenvalue weighted by Gasteiger charge is 2.29. The molecule has 0 spiro atoms. The van der Waals surface area contributed by atoms with Crippen LogP contribution in [-0.2, 0) is 10.2 Å². The minimum absolute atomic E-state index is 0.232. The number of hydrogen-bond donors (Lipinski definition) is 1. The lowest BCUT2D eigenvalue weighted by Gasteiger charge is -2.19. The molecule has 0 amide bonds. The summed E-state index contributed by atoms with van der Waals surface area (Å²) in [6.45, 7) is 8.13. The van der Waals surface area contributed by atoms with Crippen molar-refractivity contribution in [3.05, 3.63) is 39.6 Å². The van der Waals surface area contributed by atoms with Crippen molar-refractivity contribution in [1.82, 2.24) is 10.2 Å². The van der Waals surface area contributed by atoms with Crippen molar-refractivity contribution in [2.24, 2.45) is 0 Å². The van der Waals surface area contributed by atoms with Crippen LogP contribution < -0.4 is 0 Å². The standard InChI is InChI=1S/C16H18Cl2N2O2/c1-5-22-15(21)13-12(14(20-19-13)16(2,3)4)10-7-6-9(17)8-11(10)18/h6-8H,5H2,1-4H3,(H,19,20). The van der Waals surface area contributed by atoms with Crippen LogP contribution in [0.2, 0.25) is 10.0 Å². The molecule has 22 heavy (non-hydrogen) atoms. The topological polar surface area (TPSA) is 55.0 Å². The number of ether oxygens (including phenoxy) is 1. The Bertz CT molecular complexity index is 703. The quantitative estimate of drug-likeness (QED) is 0.812. The van der Waals surface area contributed by atoms with Crippen LogP contribution in [0.25, 0.3) is 11.1 Å². The molecule has 0 fully saturated rings. The van der Waals surface area contributed by atoms with Crippen molar-refractivity contribution in [2.45, 2.75) is 33.1 Å². The second kappa shape index (κ2) is 6.31. The summed E-state index contributed by atoms with van der Waals surface area (Å²) in [6, 6.07) is 5.16. The number of H-pyrrole nitrogens is 1. The highest BCUT2D eigenvalue weighted by Crippen LogP contribution is 2.38. The molecule has 0 aliphatic carbocycles. The van der Waals surface area contributed by atoms with Gasteiger partial charge < -0.3 is 4.74 Å². The average Bonchev–Trinajstić information content (AvgIpc) is 2.83. The van der Waals surface area contributed by atoms with Crippen molar-refractivity contribution < 1.29 is 9.53 Å². The fraction of sp³-hybridized carbons (Fsp3) is 0.375. The molecule has 6 heteroatoms. The summed E-state index contributed by atoms with van der Waals surface area (Å²) >= 11 is 12.3. The van der Waals surface area contributed by atoms with Gasteiger partial charge in [-0.15, -0.1) is 0 Å². The molecule has 1 N–H and O–H groups in total. The SMILES string of the molecule is CCOC(=O)c1n[nH]c(C(C)(C)C)c1-c1ccc(Cl)cc1Cl. The Morgan fingerprint density at radius 1 is 1.32 bits per heavy atom. The molecule has 0 unspecified atom stereocenters. The van der Waals surface area contributed by atoms with E-state index in [9.17, 15) is 4.79 Å². The lowest BCUT2D eigenvalue weighted by molar-refractivity contribution is 0.0520. The van der Waals surface area contributed by atoms with E-state index in [1.165, 1.54) is 0 Å². The smallest absolute Gasteiger partial charge is 0.359 e. The second-order valence-corrected chi connectivity index (χ2v) is 6.76. The van der Waals surface area contributed by atoms with Crippen LogP contribution in [0, 0.1) is 0 Å². The molecule has 0 saturated carbocycles. The van der Waals surface area contributed by atoms with Gasteiger partial charge in [-0.25, -0.2) is 4.79 Å². The van der Waals surface area contributed by atoms with Gasteiger partial charge in [0, 0.05) is 27.3 Å². The fourth-order valence-electron chi connectivity index (χ4n) is 2.19. The van der Waals surface area contributed by atoms with E-state index in [-0.39, 0.29) is 17.7 Å². The fourth-order valence-corrected chi connectivity index (χ4v) is 2.69. The van der Waals surface area contributed by atoms with Gasteiger partial charge in [0.2, 0.25) is 0 Å². The summed E-state index contributed by atoms with van der Waals surface area (Å²) in [7, 11) is 0. The lowest BCUT2D eigenvalue weighted by Crippen LogP contribution is -2.14. The van der Waals surface area contributed by atoms with Crippen molar-refractivity contribution >= 4 is 29.2 Å². The van der Waals surface area contributed by atoms with Gasteiger partial charge >= 0.3 is 5.97 Å². The van der Waals surface area contributed by atoms with Crippen LogP contribution in [-0.4, -0.2) is 22.8 Å². The summed E-state index contributed by atoms with van der Waals surface area (Å²) in [5.74, 6) is -0.477. The third-order valence-corrected chi connectivity index (χ3v) is 3.73. The summed E-state index contributed by atoms with van der Waals surface area (Å²) in [4.78, 5) is 12.2. The predicted octanol–water partition coefficient (Wildman–Crippen LogP) is 4.86. The van der Waals surface area contributed by atoms with Crippen molar-refractivity contribution in [1.29, 1.82) is 0 Å². The zero-order valence-electron chi connectivity index (χ0n) is 13.0. The third-order valence-electron chi connectivity index (χ3n) is 3.19. The van der Waals surface area contributed by atoms with Crippen LogP contribution in [0.5, 0.6) is 0 Å². The second-order valence-electron chi connectivity index (χ2n) is 5.92. The minimum atomic E-state index is -0.477. The summed E-state index contributed by atoms with van der Waals surface area (Å²) in [6.07, 6.45) is 0. The highest BCUT2D eigenvalue weighted by atomic mass is 35.5. The van der Waals surface area contributed by atoms with Gasteiger partial charge in [0.25, 0.3) is 0 Å². The first-order valence-electron chi connectivity index (χ1n) is 6.97. The van der Waals surface area contributed by atoms with E-state index < -0.39 is 5.97 Å². The van der Waals surface area contributed by atoms with Gasteiger partial charge in [-0.05, 0) is 19.1 Å². The molecule has 118 valence electrons. The summed E-state index contributed by atoms with van der Waals surface area (Å²) in [5, 5.41) is 8.10. The monoisotopic (exact) mass is 340 g/mol. The number of rotatable bonds is 3. The molecular weight excluding hydrogens is 323 g/mol. The molecule has 0 atom stereocenters. The van der Waals surface area contributed by atoms with Crippen LogP contribution in [0.4, 0.5) is 0 Å². The molecule has 0 aliphatic heterocycles. The van der Waals surface area contributed by atoms with Gasteiger partial charge in [-0.3, -0.25) is 5.10 Å². The first kappa shape index (κ1) is 16.8. The largest absolute Gasteiger partial charge is 0.461 e. The van der Waals surface area contributed by atoms with Crippen LogP contribution in [0.1, 0.15) is 43.9 Å². The molecule has 0 radical (unpaired) electrons. The van der Waals surface area contributed by atoms with E-state index in [0.717, 1.165) is 5.69 Å². The molecule has 2 rings (SSSR count). The number of nitrogens with zero attached hydrogens (tertiary/aromatic N) is 1. The molecule has 1 aromatic carbocycles. The highest BCUT2D eigenvalue weighted by molar-refractivity contribution is 6.36. The average molecular weight is 341 g/mol. The number of benzene rings is 1. The van der Waals surface area contributed by atoms with Crippen molar-refractivity contribution in [3.63, 3.8) is 0 Å². The number of carbonyl (C=O) groups is 1. The van der Waals surface area contributed by atoms with Gasteiger partial charge in [-0.1, -0.05) is 50.0 Å². The Kier molecular flexibility index (Phi) is 4.83. The number of carbonyl (C=O) groups excluding carboxylic acids is 1. The summed E-state index contributed by atoms with van der Waals surface area (Å²) < 4.78 is 5.09. The van der Waals surface area contributed by atoms with E-state index in [4.69, 9.17) is 27.9 Å². The molecule has 1 aromatic heterocycles. The Morgan fingerprint density at radius 3 is 2.55 bits per heavy atom. The Balaban J connectivity index is 2.69. The molecule has 0 saturated heterocycles. The van der Waals surface area contributed by atoms with E-state index in [0.29, 0.717) is 21.2 Å². The normalized spacial score (nSPS) is 11.5. The Morgan fingerprint density at radius 2 is 2.00 bits per heavy atom. The number of halogens is 2. The number of aromatic amines is 1. The van der Waals surface area contributed by atoms with Gasteiger partial charge in [0.15, 0.2) is 5.69 Å². The number of nitrogens with one attached hydrogen (secondary N) is 1. The molecule has 0 bridgehead atoms. The number of aromatic nitrogens is 2. The maximum absolute atomic E-state index is 12.2. The Labute approximate surface area is 139 Å². The predicted molar refractivity (Wildman–Crippen MR) is 88.7 cm³/mol. The van der Waals surface area contributed by atoms with Crippen LogP contribution >= 0.6 is 23.2 Å². The third kappa shape index (κ3) is 3.28. The van der Waals surface area contributed by atoms with E-state index >= 15 is 0 Å². The summed E-state index contributed by atoms with van der Waals surface area (Å²) in [5.41, 5.74) is 2.17. The molecule has 2 aromatic rings. The zero-order valence-corrected chi connectivity index (χ0v) is 14.5. The van der Waals surface area contributed by atoms with Crippen molar-refractivity contribution in [2.75, 3.05) is 6.61 Å². The van der Waals surface area contributed by atoms with E-state index in [1.807, 2.05) is 20.8 Å².